The van der Waals surface area contributed by atoms with Crippen LogP contribution in [0.3, 0.4) is 0 Å². The number of carbonyl (C=O) groups excluding carboxylic acids is 1. The molecule has 0 saturated carbocycles. The third kappa shape index (κ3) is 5.85. The van der Waals surface area contributed by atoms with Crippen molar-refractivity contribution >= 4 is 38.9 Å². The highest BCUT2D eigenvalue weighted by Crippen LogP contribution is 2.30. The molecular formula is C20H25ClN2O5S. The van der Waals surface area contributed by atoms with Gasteiger partial charge in [-0.1, -0.05) is 25.4 Å². The van der Waals surface area contributed by atoms with E-state index in [4.69, 9.17) is 16.3 Å². The molecule has 2 aromatic carbocycles. The number of anilines is 2. The molecule has 0 fully saturated rings. The zero-order valence-electron chi connectivity index (χ0n) is 16.7. The first-order valence-electron chi connectivity index (χ1n) is 9.10. The van der Waals surface area contributed by atoms with Crippen LogP contribution in [0.15, 0.2) is 41.3 Å². The van der Waals surface area contributed by atoms with Gasteiger partial charge in [-0.2, -0.15) is 0 Å². The van der Waals surface area contributed by atoms with Gasteiger partial charge < -0.3 is 15.2 Å². The predicted molar refractivity (Wildman–Crippen MR) is 114 cm³/mol. The zero-order chi connectivity index (χ0) is 21.8. The molecule has 0 unspecified atom stereocenters. The number of rotatable bonds is 8. The van der Waals surface area contributed by atoms with Crippen LogP contribution in [0.5, 0.6) is 5.75 Å². The molecule has 0 aliphatic heterocycles. The Morgan fingerprint density at radius 1 is 1.17 bits per heavy atom. The topological polar surface area (TPSA) is 105 Å². The van der Waals surface area contributed by atoms with Crippen molar-refractivity contribution in [2.45, 2.75) is 38.7 Å². The lowest BCUT2D eigenvalue weighted by Crippen LogP contribution is -2.31. The fraction of sp³-hybridized carbons (Fsp3) is 0.350. The van der Waals surface area contributed by atoms with Crippen LogP contribution < -0.4 is 14.8 Å². The minimum absolute atomic E-state index is 0.0747. The predicted octanol–water partition coefficient (Wildman–Crippen LogP) is 3.80. The molecule has 0 spiro atoms. The van der Waals surface area contributed by atoms with Crippen molar-refractivity contribution in [2.75, 3.05) is 16.6 Å². The zero-order valence-corrected chi connectivity index (χ0v) is 18.3. The molecule has 158 valence electrons. The Balaban J connectivity index is 2.33. The maximum absolute atomic E-state index is 12.9. The van der Waals surface area contributed by atoms with Gasteiger partial charge in [0, 0.05) is 22.5 Å². The summed E-state index contributed by atoms with van der Waals surface area (Å²) in [5, 5.41) is 13.0. The van der Waals surface area contributed by atoms with Crippen LogP contribution in [0.25, 0.3) is 0 Å². The molecule has 9 heteroatoms. The fourth-order valence-electron chi connectivity index (χ4n) is 2.51. The van der Waals surface area contributed by atoms with E-state index in [0.717, 1.165) is 5.56 Å². The number of sulfonamides is 1. The summed E-state index contributed by atoms with van der Waals surface area (Å²) in [7, 11) is -3.95. The van der Waals surface area contributed by atoms with E-state index in [1.54, 1.807) is 45.9 Å². The molecule has 0 aromatic heterocycles. The summed E-state index contributed by atoms with van der Waals surface area (Å²) in [5.74, 6) is -0.747. The number of benzene rings is 2. The number of halogens is 1. The molecule has 0 saturated heterocycles. The summed E-state index contributed by atoms with van der Waals surface area (Å²) in [6.45, 7) is 7.16. The normalized spacial score (nSPS) is 12.5. The Hall–Kier alpha value is -2.29. The van der Waals surface area contributed by atoms with Crippen LogP contribution >= 0.6 is 11.6 Å². The van der Waals surface area contributed by atoms with Crippen molar-refractivity contribution in [2.24, 2.45) is 5.92 Å². The van der Waals surface area contributed by atoms with E-state index in [2.05, 4.69) is 10.0 Å². The first-order chi connectivity index (χ1) is 13.5. The maximum atomic E-state index is 12.9. The Labute approximate surface area is 176 Å². The summed E-state index contributed by atoms with van der Waals surface area (Å²) in [5.41, 5.74) is 1.42. The fourth-order valence-corrected chi connectivity index (χ4v) is 3.81. The van der Waals surface area contributed by atoms with Gasteiger partial charge in [-0.15, -0.1) is 0 Å². The van der Waals surface area contributed by atoms with Crippen LogP contribution in [0, 0.1) is 12.8 Å². The van der Waals surface area contributed by atoms with Gasteiger partial charge in [0.2, 0.25) is 0 Å². The highest BCUT2D eigenvalue weighted by Gasteiger charge is 2.23. The molecule has 0 aliphatic rings. The number of hydrogen-bond donors (Lipinski definition) is 3. The average molecular weight is 441 g/mol. The highest BCUT2D eigenvalue weighted by molar-refractivity contribution is 7.92. The van der Waals surface area contributed by atoms with E-state index in [-0.39, 0.29) is 23.2 Å². The monoisotopic (exact) mass is 440 g/mol. The van der Waals surface area contributed by atoms with Gasteiger partial charge >= 0.3 is 0 Å². The van der Waals surface area contributed by atoms with Gasteiger partial charge in [-0.05, 0) is 55.7 Å². The number of nitrogens with one attached hydrogen (secondary N) is 2. The standard InChI is InChI=1S/C20H25ClN2O5S/c1-5-28-17-11-14(22-20(25)19(24)12(2)3)7-9-18(17)29(26,27)23-15-6-8-16(21)13(4)10-15/h6-12,19,23-24H,5H2,1-4H3,(H,22,25)/t19-/m0/s1. The molecule has 0 bridgehead atoms. The van der Waals surface area contributed by atoms with Crippen molar-refractivity contribution in [3.63, 3.8) is 0 Å². The first-order valence-corrected chi connectivity index (χ1v) is 11.0. The second-order valence-corrected chi connectivity index (χ2v) is 8.90. The van der Waals surface area contributed by atoms with E-state index >= 15 is 0 Å². The van der Waals surface area contributed by atoms with Crippen LogP contribution in [0.2, 0.25) is 5.02 Å². The molecule has 2 rings (SSSR count). The van der Waals surface area contributed by atoms with Crippen LogP contribution in [0.1, 0.15) is 26.3 Å². The molecule has 29 heavy (non-hydrogen) atoms. The number of aliphatic hydroxyl groups is 1. The van der Waals surface area contributed by atoms with E-state index in [1.807, 2.05) is 0 Å². The van der Waals surface area contributed by atoms with Gasteiger partial charge in [0.05, 0.1) is 6.61 Å². The quantitative estimate of drug-likeness (QED) is 0.579. The Bertz CT molecular complexity index is 992. The molecule has 7 nitrogen and oxygen atoms in total. The minimum atomic E-state index is -3.95. The van der Waals surface area contributed by atoms with E-state index in [1.165, 1.54) is 18.2 Å². The minimum Gasteiger partial charge on any atom is -0.492 e. The number of amides is 1. The third-order valence-electron chi connectivity index (χ3n) is 4.11. The summed E-state index contributed by atoms with van der Waals surface area (Å²) in [6, 6.07) is 8.99. The lowest BCUT2D eigenvalue weighted by atomic mass is 10.1. The largest absolute Gasteiger partial charge is 0.492 e. The SMILES string of the molecule is CCOc1cc(NC(=O)[C@@H](O)C(C)C)ccc1S(=O)(=O)Nc1ccc(Cl)c(C)c1. The first kappa shape index (κ1) is 23.0. The summed E-state index contributed by atoms with van der Waals surface area (Å²) >= 11 is 5.99. The van der Waals surface area contributed by atoms with Crippen molar-refractivity contribution in [1.29, 1.82) is 0 Å². The van der Waals surface area contributed by atoms with Crippen LogP contribution in [0.4, 0.5) is 11.4 Å². The van der Waals surface area contributed by atoms with Gasteiger partial charge in [0.15, 0.2) is 0 Å². The number of aryl methyl sites for hydroxylation is 1. The average Bonchev–Trinajstić information content (AvgIpc) is 2.64. The van der Waals surface area contributed by atoms with Crippen molar-refractivity contribution in [3.8, 4) is 5.75 Å². The van der Waals surface area contributed by atoms with Gasteiger partial charge in [0.25, 0.3) is 15.9 Å². The summed E-state index contributed by atoms with van der Waals surface area (Å²) in [4.78, 5) is 12.0. The second kappa shape index (κ2) is 9.47. The Kier molecular flexibility index (Phi) is 7.51. The molecule has 1 amide bonds. The number of ether oxygens (including phenoxy) is 1. The van der Waals surface area contributed by atoms with E-state index < -0.39 is 22.0 Å². The number of aliphatic hydroxyl groups excluding tert-OH is 1. The van der Waals surface area contributed by atoms with Crippen LogP contribution in [-0.2, 0) is 14.8 Å². The van der Waals surface area contributed by atoms with Gasteiger partial charge in [0.1, 0.15) is 16.7 Å². The lowest BCUT2D eigenvalue weighted by Gasteiger charge is -2.17. The van der Waals surface area contributed by atoms with Crippen LogP contribution in [-0.4, -0.2) is 32.1 Å². The van der Waals surface area contributed by atoms with Crippen molar-refractivity contribution in [1.82, 2.24) is 0 Å². The molecule has 1 atom stereocenters. The Morgan fingerprint density at radius 2 is 1.83 bits per heavy atom. The smallest absolute Gasteiger partial charge is 0.265 e. The molecule has 2 aromatic rings. The highest BCUT2D eigenvalue weighted by atomic mass is 35.5. The van der Waals surface area contributed by atoms with Gasteiger partial charge in [-0.3, -0.25) is 9.52 Å². The lowest BCUT2D eigenvalue weighted by molar-refractivity contribution is -0.125. The Morgan fingerprint density at radius 3 is 2.41 bits per heavy atom. The third-order valence-corrected chi connectivity index (χ3v) is 5.96. The van der Waals surface area contributed by atoms with E-state index in [9.17, 15) is 18.3 Å². The molecule has 0 heterocycles. The molecule has 0 aliphatic carbocycles. The van der Waals surface area contributed by atoms with Gasteiger partial charge in [-0.25, -0.2) is 8.42 Å². The maximum Gasteiger partial charge on any atom is 0.265 e. The summed E-state index contributed by atoms with van der Waals surface area (Å²) < 4.78 is 33.7. The molecule has 0 radical (unpaired) electrons. The number of carbonyl (C=O) groups is 1. The van der Waals surface area contributed by atoms with E-state index in [0.29, 0.717) is 16.4 Å². The molecule has 3 N–H and O–H groups in total. The molecular weight excluding hydrogens is 416 g/mol. The second-order valence-electron chi connectivity index (χ2n) is 6.84. The number of hydrogen-bond acceptors (Lipinski definition) is 5. The van der Waals surface area contributed by atoms with Crippen molar-refractivity contribution in [3.05, 3.63) is 47.0 Å². The summed E-state index contributed by atoms with van der Waals surface area (Å²) in [6.07, 6.45) is -1.18. The van der Waals surface area contributed by atoms with Crippen molar-refractivity contribution < 1.29 is 23.1 Å².